The highest BCUT2D eigenvalue weighted by atomic mass is 16.3. The van der Waals surface area contributed by atoms with Crippen LogP contribution in [-0.4, -0.2) is 21.2 Å². The van der Waals surface area contributed by atoms with Crippen molar-refractivity contribution in [1.82, 2.24) is 9.97 Å². The second-order valence-corrected chi connectivity index (χ2v) is 9.99. The Morgan fingerprint density at radius 3 is 2.58 bits per heavy atom. The minimum Gasteiger partial charge on any atom is -0.393 e. The summed E-state index contributed by atoms with van der Waals surface area (Å²) in [6, 6.07) is 0. The number of aliphatic hydroxyl groups excluding tert-OH is 1. The molecule has 5 rings (SSSR count). The van der Waals surface area contributed by atoms with Gasteiger partial charge in [0.25, 0.3) is 0 Å². The van der Waals surface area contributed by atoms with Gasteiger partial charge in [-0.3, -0.25) is 0 Å². The van der Waals surface area contributed by atoms with Gasteiger partial charge >= 0.3 is 0 Å². The van der Waals surface area contributed by atoms with E-state index in [1.807, 2.05) is 6.92 Å². The van der Waals surface area contributed by atoms with Crippen LogP contribution in [0.1, 0.15) is 75.1 Å². The highest BCUT2D eigenvalue weighted by Gasteiger charge is 2.58. The molecule has 2 saturated carbocycles. The van der Waals surface area contributed by atoms with E-state index in [9.17, 15) is 5.11 Å². The van der Waals surface area contributed by atoms with Crippen molar-refractivity contribution in [2.45, 2.75) is 84.2 Å². The van der Waals surface area contributed by atoms with E-state index in [0.717, 1.165) is 43.3 Å². The predicted octanol–water partition coefficient (Wildman–Crippen LogP) is 4.43. The van der Waals surface area contributed by atoms with Crippen molar-refractivity contribution in [3.8, 4) is 0 Å². The van der Waals surface area contributed by atoms with Crippen LogP contribution in [0.4, 0.5) is 0 Å². The predicted molar refractivity (Wildman–Crippen MR) is 103 cm³/mol. The maximum Gasteiger partial charge on any atom is 0.125 e. The fourth-order valence-electron chi connectivity index (χ4n) is 7.53. The van der Waals surface area contributed by atoms with Gasteiger partial charge in [-0.05, 0) is 87.4 Å². The third kappa shape index (κ3) is 2.10. The number of hydrogen-bond donors (Lipinski definition) is 1. The minimum absolute atomic E-state index is 0.114. The van der Waals surface area contributed by atoms with E-state index in [4.69, 9.17) is 9.97 Å². The number of allylic oxidation sites excluding steroid dienone is 1. The molecule has 1 heterocycles. The van der Waals surface area contributed by atoms with Crippen LogP contribution < -0.4 is 0 Å². The molecule has 0 radical (unpaired) electrons. The van der Waals surface area contributed by atoms with Gasteiger partial charge < -0.3 is 5.11 Å². The van der Waals surface area contributed by atoms with E-state index in [2.05, 4.69) is 26.8 Å². The summed E-state index contributed by atoms with van der Waals surface area (Å²) in [7, 11) is 0. The van der Waals surface area contributed by atoms with Gasteiger partial charge in [0.15, 0.2) is 0 Å². The van der Waals surface area contributed by atoms with Gasteiger partial charge in [-0.25, -0.2) is 9.97 Å². The Hall–Kier alpha value is -1.22. The standard InChI is InChI=1S/C23H32N2O/c1-13-21-20(25-14(2)24-13)12-19-17-6-5-15-11-16(26)7-9-22(15,3)18(17)8-10-23(19,21)4/h5,16-19,26H,6-12H2,1-4H3/t16-,17+,18-,19-,22-,23-/m0/s1. The van der Waals surface area contributed by atoms with Crippen LogP contribution in [0.3, 0.4) is 0 Å². The maximum atomic E-state index is 10.2. The first-order chi connectivity index (χ1) is 12.3. The number of aliphatic hydroxyl groups is 1. The molecular formula is C23H32N2O. The fourth-order valence-corrected chi connectivity index (χ4v) is 7.53. The first-order valence-electron chi connectivity index (χ1n) is 10.5. The van der Waals surface area contributed by atoms with Crippen LogP contribution in [0.25, 0.3) is 0 Å². The van der Waals surface area contributed by atoms with Crippen LogP contribution in [0.15, 0.2) is 11.6 Å². The summed E-state index contributed by atoms with van der Waals surface area (Å²) in [5.41, 5.74) is 6.16. The first-order valence-corrected chi connectivity index (χ1v) is 10.5. The Bertz CT molecular complexity index is 800. The topological polar surface area (TPSA) is 46.0 Å². The summed E-state index contributed by atoms with van der Waals surface area (Å²) in [4.78, 5) is 9.59. The Balaban J connectivity index is 1.55. The van der Waals surface area contributed by atoms with Crippen molar-refractivity contribution in [3.05, 3.63) is 34.4 Å². The highest BCUT2D eigenvalue weighted by Crippen LogP contribution is 2.64. The van der Waals surface area contributed by atoms with Gasteiger partial charge in [-0.15, -0.1) is 0 Å². The zero-order valence-corrected chi connectivity index (χ0v) is 16.7. The van der Waals surface area contributed by atoms with Crippen molar-refractivity contribution >= 4 is 0 Å². The molecule has 26 heavy (non-hydrogen) atoms. The van der Waals surface area contributed by atoms with E-state index >= 15 is 0 Å². The van der Waals surface area contributed by atoms with Crippen LogP contribution in [0.2, 0.25) is 0 Å². The molecule has 4 aliphatic rings. The third-order valence-corrected chi connectivity index (χ3v) is 8.73. The molecule has 0 amide bonds. The maximum absolute atomic E-state index is 10.2. The summed E-state index contributed by atoms with van der Waals surface area (Å²) in [6.45, 7) is 9.22. The zero-order chi connectivity index (χ0) is 18.3. The molecule has 2 fully saturated rings. The molecule has 0 bridgehead atoms. The molecule has 0 aromatic carbocycles. The lowest BCUT2D eigenvalue weighted by Gasteiger charge is -2.57. The summed E-state index contributed by atoms with van der Waals surface area (Å²) < 4.78 is 0. The van der Waals surface area contributed by atoms with Crippen LogP contribution >= 0.6 is 0 Å². The van der Waals surface area contributed by atoms with E-state index in [-0.39, 0.29) is 11.5 Å². The van der Waals surface area contributed by atoms with E-state index in [1.54, 1.807) is 5.57 Å². The number of rotatable bonds is 0. The Kier molecular flexibility index (Phi) is 3.52. The lowest BCUT2D eigenvalue weighted by atomic mass is 9.47. The zero-order valence-electron chi connectivity index (χ0n) is 16.7. The number of fused-ring (bicyclic) bond motifs is 7. The molecular weight excluding hydrogens is 320 g/mol. The van der Waals surface area contributed by atoms with Crippen LogP contribution in [0, 0.1) is 37.0 Å². The molecule has 3 nitrogen and oxygen atoms in total. The van der Waals surface area contributed by atoms with Gasteiger partial charge in [0.1, 0.15) is 5.82 Å². The summed E-state index contributed by atoms with van der Waals surface area (Å²) >= 11 is 0. The average molecular weight is 353 g/mol. The number of hydrogen-bond acceptors (Lipinski definition) is 3. The normalized spacial score (nSPS) is 43.8. The molecule has 6 atom stereocenters. The molecule has 140 valence electrons. The highest BCUT2D eigenvalue weighted by molar-refractivity contribution is 5.41. The number of aryl methyl sites for hydroxylation is 2. The van der Waals surface area contributed by atoms with Crippen molar-refractivity contribution in [1.29, 1.82) is 0 Å². The van der Waals surface area contributed by atoms with Crippen molar-refractivity contribution in [2.75, 3.05) is 0 Å². The van der Waals surface area contributed by atoms with Gasteiger partial charge in [-0.1, -0.05) is 25.5 Å². The summed E-state index contributed by atoms with van der Waals surface area (Å²) in [5, 5.41) is 10.2. The molecule has 0 saturated heterocycles. The largest absolute Gasteiger partial charge is 0.393 e. The molecule has 1 N–H and O–H groups in total. The van der Waals surface area contributed by atoms with Crippen molar-refractivity contribution in [2.24, 2.45) is 23.2 Å². The number of aromatic nitrogens is 2. The third-order valence-electron chi connectivity index (χ3n) is 8.73. The second kappa shape index (κ2) is 5.41. The van der Waals surface area contributed by atoms with Crippen molar-refractivity contribution < 1.29 is 5.11 Å². The summed E-state index contributed by atoms with van der Waals surface area (Å²) in [6.07, 6.45) is 10.4. The minimum atomic E-state index is -0.114. The Morgan fingerprint density at radius 1 is 1.00 bits per heavy atom. The van der Waals surface area contributed by atoms with Gasteiger partial charge in [-0.2, -0.15) is 0 Å². The molecule has 4 aliphatic carbocycles. The van der Waals surface area contributed by atoms with Gasteiger partial charge in [0, 0.05) is 17.0 Å². The smallest absolute Gasteiger partial charge is 0.125 e. The Labute approximate surface area is 157 Å². The molecule has 1 aromatic rings. The Morgan fingerprint density at radius 2 is 1.77 bits per heavy atom. The van der Waals surface area contributed by atoms with Crippen LogP contribution in [0.5, 0.6) is 0 Å². The van der Waals surface area contributed by atoms with Gasteiger partial charge in [0.2, 0.25) is 0 Å². The monoisotopic (exact) mass is 352 g/mol. The molecule has 0 aliphatic heterocycles. The summed E-state index contributed by atoms with van der Waals surface area (Å²) in [5.74, 6) is 3.16. The SMILES string of the molecule is Cc1nc(C)c2c(n1)C[C@H]1[C@@H]3CC=C4C[C@@H](O)CC[C@]4(C)[C@H]3CC[C@]21C. The van der Waals surface area contributed by atoms with Crippen LogP contribution in [-0.2, 0) is 11.8 Å². The number of nitrogens with zero attached hydrogens (tertiary/aromatic N) is 2. The first kappa shape index (κ1) is 16.9. The lowest BCUT2D eigenvalue weighted by molar-refractivity contribution is -0.0164. The van der Waals surface area contributed by atoms with E-state index in [1.165, 1.54) is 36.2 Å². The molecule has 0 unspecified atom stereocenters. The average Bonchev–Trinajstić information content (AvgIpc) is 2.88. The van der Waals surface area contributed by atoms with E-state index in [0.29, 0.717) is 11.3 Å². The fraction of sp³-hybridized carbons (Fsp3) is 0.739. The van der Waals surface area contributed by atoms with Gasteiger partial charge in [0.05, 0.1) is 6.10 Å². The van der Waals surface area contributed by atoms with Crippen molar-refractivity contribution in [3.63, 3.8) is 0 Å². The quantitative estimate of drug-likeness (QED) is 0.703. The molecule has 0 spiro atoms. The molecule has 1 aromatic heterocycles. The lowest BCUT2D eigenvalue weighted by Crippen LogP contribution is -2.51. The van der Waals surface area contributed by atoms with E-state index < -0.39 is 0 Å². The molecule has 3 heteroatoms. The second-order valence-electron chi connectivity index (χ2n) is 9.99.